The van der Waals surface area contributed by atoms with Crippen molar-refractivity contribution in [2.24, 2.45) is 5.41 Å². The first-order chi connectivity index (χ1) is 16.5. The van der Waals surface area contributed by atoms with Gasteiger partial charge in [-0.15, -0.1) is 0 Å². The number of nitrogens with zero attached hydrogens (tertiary/aromatic N) is 3. The molecule has 1 aromatic carbocycles. The van der Waals surface area contributed by atoms with E-state index < -0.39 is 11.7 Å². The monoisotopic (exact) mass is 460 g/mol. The Labute approximate surface area is 198 Å². The van der Waals surface area contributed by atoms with E-state index in [1.807, 2.05) is 18.2 Å². The Balaban J connectivity index is 1.53. The minimum absolute atomic E-state index is 0.0556. The third-order valence-corrected chi connectivity index (χ3v) is 6.79. The summed E-state index contributed by atoms with van der Waals surface area (Å²) in [6.45, 7) is 0.959. The molecule has 8 heteroatoms. The number of H-pyrrole nitrogens is 1. The zero-order valence-electron chi connectivity index (χ0n) is 19.5. The number of likely N-dealkylation sites (tertiary alicyclic amines) is 1. The van der Waals surface area contributed by atoms with Gasteiger partial charge < -0.3 is 19.4 Å². The number of amides is 1. The van der Waals surface area contributed by atoms with Gasteiger partial charge in [0.15, 0.2) is 0 Å². The number of rotatable bonds is 8. The van der Waals surface area contributed by atoms with E-state index in [0.717, 1.165) is 25.7 Å². The molecule has 1 amide bonds. The number of pyridine rings is 1. The van der Waals surface area contributed by atoms with Crippen LogP contribution in [0.3, 0.4) is 0 Å². The summed E-state index contributed by atoms with van der Waals surface area (Å²) in [5.41, 5.74) is 1.92. The zero-order valence-corrected chi connectivity index (χ0v) is 19.5. The van der Waals surface area contributed by atoms with Crippen molar-refractivity contribution in [1.82, 2.24) is 14.9 Å². The van der Waals surface area contributed by atoms with Crippen molar-refractivity contribution in [2.45, 2.75) is 32.1 Å². The maximum atomic E-state index is 13.2. The predicted octanol–water partition coefficient (Wildman–Crippen LogP) is 3.92. The molecule has 0 aliphatic carbocycles. The summed E-state index contributed by atoms with van der Waals surface area (Å²) >= 11 is 0. The average molecular weight is 461 g/mol. The summed E-state index contributed by atoms with van der Waals surface area (Å²) < 4.78 is 10.7. The first kappa shape index (κ1) is 23.3. The number of hydrogen-bond donors (Lipinski definition) is 1. The number of ether oxygens (including phenoxy) is 2. The lowest BCUT2D eigenvalue weighted by Gasteiger charge is -2.41. The van der Waals surface area contributed by atoms with Crippen LogP contribution in [0.2, 0.25) is 0 Å². The van der Waals surface area contributed by atoms with E-state index in [9.17, 15) is 14.9 Å². The molecule has 4 rings (SSSR count). The minimum atomic E-state index is -0.592. The van der Waals surface area contributed by atoms with Crippen molar-refractivity contribution in [3.05, 3.63) is 53.9 Å². The highest BCUT2D eigenvalue weighted by molar-refractivity contribution is 6.45. The highest BCUT2D eigenvalue weighted by atomic mass is 16.5. The fourth-order valence-corrected chi connectivity index (χ4v) is 4.89. The number of ketones is 1. The van der Waals surface area contributed by atoms with E-state index >= 15 is 0 Å². The van der Waals surface area contributed by atoms with Crippen molar-refractivity contribution in [1.29, 1.82) is 5.26 Å². The average Bonchev–Trinajstić information content (AvgIpc) is 3.32. The number of Topliss-reactive ketones (excluding diaryl/α,β-unsaturated/α-hetero) is 1. The normalized spacial score (nSPS) is 15.0. The lowest BCUT2D eigenvalue weighted by atomic mass is 9.71. The first-order valence-corrected chi connectivity index (χ1v) is 11.3. The Morgan fingerprint density at radius 3 is 2.56 bits per heavy atom. The van der Waals surface area contributed by atoms with Gasteiger partial charge in [-0.25, -0.2) is 4.98 Å². The molecular weight excluding hydrogens is 432 g/mol. The van der Waals surface area contributed by atoms with Crippen molar-refractivity contribution >= 4 is 22.6 Å². The van der Waals surface area contributed by atoms with E-state index in [1.165, 1.54) is 32.2 Å². The maximum Gasteiger partial charge on any atom is 0.295 e. The van der Waals surface area contributed by atoms with Gasteiger partial charge in [-0.2, -0.15) is 5.26 Å². The highest BCUT2D eigenvalue weighted by Crippen LogP contribution is 2.40. The second-order valence-electron chi connectivity index (χ2n) is 8.73. The number of aromatic nitrogens is 2. The zero-order chi connectivity index (χ0) is 24.1. The summed E-state index contributed by atoms with van der Waals surface area (Å²) in [5.74, 6) is -0.411. The third kappa shape index (κ3) is 4.46. The number of methoxy groups -OCH3 is 2. The molecule has 1 saturated heterocycles. The molecule has 3 heterocycles. The molecule has 1 aliphatic heterocycles. The second kappa shape index (κ2) is 9.96. The first-order valence-electron chi connectivity index (χ1n) is 11.3. The van der Waals surface area contributed by atoms with Crippen LogP contribution in [0.1, 0.15) is 41.6 Å². The number of benzene rings is 1. The molecule has 0 radical (unpaired) electrons. The van der Waals surface area contributed by atoms with E-state index in [4.69, 9.17) is 9.47 Å². The summed E-state index contributed by atoms with van der Waals surface area (Å²) in [6, 6.07) is 12.5. The van der Waals surface area contributed by atoms with Crippen LogP contribution in [0.25, 0.3) is 10.9 Å². The Kier molecular flexibility index (Phi) is 6.82. The molecule has 0 bridgehead atoms. The van der Waals surface area contributed by atoms with Crippen LogP contribution >= 0.6 is 0 Å². The van der Waals surface area contributed by atoms with Crippen LogP contribution in [-0.4, -0.2) is 53.9 Å². The van der Waals surface area contributed by atoms with Gasteiger partial charge in [0.25, 0.3) is 11.7 Å². The van der Waals surface area contributed by atoms with Crippen LogP contribution in [0.4, 0.5) is 0 Å². The predicted molar refractivity (Wildman–Crippen MR) is 127 cm³/mol. The van der Waals surface area contributed by atoms with Crippen LogP contribution in [0.15, 0.2) is 42.7 Å². The number of aromatic amines is 1. The third-order valence-electron chi connectivity index (χ3n) is 6.79. The smallest absolute Gasteiger partial charge is 0.295 e. The minimum Gasteiger partial charge on any atom is -0.494 e. The molecule has 8 nitrogen and oxygen atoms in total. The molecule has 2 aromatic heterocycles. The van der Waals surface area contributed by atoms with E-state index in [0.29, 0.717) is 42.0 Å². The van der Waals surface area contributed by atoms with Crippen LogP contribution in [0, 0.1) is 16.7 Å². The molecule has 176 valence electrons. The molecule has 0 atom stereocenters. The number of hydrogen-bond acceptors (Lipinski definition) is 6. The Bertz CT molecular complexity index is 1220. The van der Waals surface area contributed by atoms with Gasteiger partial charge in [0.05, 0.1) is 37.4 Å². The largest absolute Gasteiger partial charge is 0.494 e. The molecule has 1 N–H and O–H groups in total. The van der Waals surface area contributed by atoms with Gasteiger partial charge in [0.2, 0.25) is 5.88 Å². The molecule has 1 fully saturated rings. The number of carbonyl (C=O) groups excluding carboxylic acids is 2. The molecule has 0 unspecified atom stereocenters. The molecule has 34 heavy (non-hydrogen) atoms. The molecule has 1 aliphatic rings. The number of nitrogens with one attached hydrogen (secondary N) is 1. The van der Waals surface area contributed by atoms with Gasteiger partial charge in [-0.1, -0.05) is 30.3 Å². The topological polar surface area (TPSA) is 108 Å². The Morgan fingerprint density at radius 1 is 1.18 bits per heavy atom. The maximum absolute atomic E-state index is 13.2. The molecule has 0 saturated carbocycles. The lowest BCUT2D eigenvalue weighted by molar-refractivity contribution is -0.128. The summed E-state index contributed by atoms with van der Waals surface area (Å²) in [5, 5.41) is 9.66. The Hall–Kier alpha value is -3.86. The summed E-state index contributed by atoms with van der Waals surface area (Å²) in [4.78, 5) is 35.2. The standard InChI is InChI=1S/C26H28N4O4/c1-33-20-17-29-24(34-2)22-21(20)19(16-28-22)23(31)25(32)30-13-10-26(11-14-30,9-6-12-27)15-18-7-4-3-5-8-18/h3-5,7-8,16-17,28H,6,9-11,13-15H2,1-2H3. The summed E-state index contributed by atoms with van der Waals surface area (Å²) in [6.07, 6.45) is 6.59. The van der Waals surface area contributed by atoms with Gasteiger partial charge >= 0.3 is 0 Å². The van der Waals surface area contributed by atoms with Crippen LogP contribution in [-0.2, 0) is 11.2 Å². The molecule has 3 aromatic rings. The van der Waals surface area contributed by atoms with Crippen LogP contribution < -0.4 is 9.47 Å². The van der Waals surface area contributed by atoms with Gasteiger partial charge in [0, 0.05) is 25.7 Å². The van der Waals surface area contributed by atoms with E-state index in [-0.39, 0.29) is 11.0 Å². The number of piperidine rings is 1. The SMILES string of the molecule is COc1ncc(OC)c2c(C(=O)C(=O)N3CCC(CCC#N)(Cc4ccccc4)CC3)c[nH]c12. The quantitative estimate of drug-likeness (QED) is 0.403. The summed E-state index contributed by atoms with van der Waals surface area (Å²) in [7, 11) is 2.98. The van der Waals surface area contributed by atoms with Crippen molar-refractivity contribution < 1.29 is 19.1 Å². The fourth-order valence-electron chi connectivity index (χ4n) is 4.89. The number of fused-ring (bicyclic) bond motifs is 1. The Morgan fingerprint density at radius 2 is 1.91 bits per heavy atom. The van der Waals surface area contributed by atoms with Crippen molar-refractivity contribution in [2.75, 3.05) is 27.3 Å². The second-order valence-corrected chi connectivity index (χ2v) is 8.73. The van der Waals surface area contributed by atoms with Gasteiger partial charge in [0.1, 0.15) is 11.3 Å². The van der Waals surface area contributed by atoms with E-state index in [2.05, 4.69) is 28.2 Å². The fraction of sp³-hybridized carbons (Fsp3) is 0.385. The van der Waals surface area contributed by atoms with E-state index in [1.54, 1.807) is 4.90 Å². The molecule has 0 spiro atoms. The van der Waals surface area contributed by atoms with Gasteiger partial charge in [-0.05, 0) is 36.7 Å². The lowest BCUT2D eigenvalue weighted by Crippen LogP contribution is -2.46. The van der Waals surface area contributed by atoms with Crippen molar-refractivity contribution in [3.63, 3.8) is 0 Å². The van der Waals surface area contributed by atoms with Crippen molar-refractivity contribution in [3.8, 4) is 17.7 Å². The number of carbonyl (C=O) groups is 2. The highest BCUT2D eigenvalue weighted by Gasteiger charge is 2.37. The van der Waals surface area contributed by atoms with Crippen LogP contribution in [0.5, 0.6) is 11.6 Å². The number of nitriles is 1. The van der Waals surface area contributed by atoms with Gasteiger partial charge in [-0.3, -0.25) is 9.59 Å². The molecular formula is C26H28N4O4.